The normalized spacial score (nSPS) is 24.4. The molecule has 2 aliphatic heterocycles. The summed E-state index contributed by atoms with van der Waals surface area (Å²) in [4.78, 5) is 12.3. The number of methoxy groups -OCH3 is 2. The number of hydrogen-bond donors (Lipinski definition) is 2. The Labute approximate surface area is 163 Å². The molecule has 140 valence electrons. The maximum Gasteiger partial charge on any atom is 0.220 e. The largest absolute Gasteiger partial charge is 0.493 e. The number of benzene rings is 1. The molecule has 0 radical (unpaired) electrons. The molecule has 1 aromatic rings. The summed E-state index contributed by atoms with van der Waals surface area (Å²) in [6, 6.07) is 5.02. The van der Waals surface area contributed by atoms with Crippen LogP contribution in [-0.4, -0.2) is 32.2 Å². The average Bonchev–Trinajstić information content (AvgIpc) is 2.91. The van der Waals surface area contributed by atoms with Gasteiger partial charge in [-0.1, -0.05) is 15.9 Å². The van der Waals surface area contributed by atoms with E-state index in [0.717, 1.165) is 22.9 Å². The standard InChI is InChI=1S/C18H25BrN2O3.ClH/c1-23-16-8-12(15(19)9-17(16)24-2)10-20-18(22)7-11-5-13-3-4-14(6-11)21-13;/h8-9,11,13-14,21H,3-7,10H2,1-2H3,(H,20,22);1H. The minimum atomic E-state index is 0. The molecule has 25 heavy (non-hydrogen) atoms. The van der Waals surface area contributed by atoms with E-state index in [9.17, 15) is 4.79 Å². The van der Waals surface area contributed by atoms with Crippen LogP contribution >= 0.6 is 28.3 Å². The molecule has 0 saturated carbocycles. The predicted octanol–water partition coefficient (Wildman–Crippen LogP) is 3.43. The molecule has 2 bridgehead atoms. The molecular weight excluding hydrogens is 408 g/mol. The molecule has 2 heterocycles. The molecule has 3 rings (SSSR count). The van der Waals surface area contributed by atoms with Crippen LogP contribution in [0.1, 0.15) is 37.7 Å². The predicted molar refractivity (Wildman–Crippen MR) is 104 cm³/mol. The van der Waals surface area contributed by atoms with Crippen LogP contribution in [0.3, 0.4) is 0 Å². The van der Waals surface area contributed by atoms with Crippen molar-refractivity contribution in [3.63, 3.8) is 0 Å². The van der Waals surface area contributed by atoms with E-state index < -0.39 is 0 Å². The van der Waals surface area contributed by atoms with E-state index in [4.69, 9.17) is 9.47 Å². The lowest BCUT2D eigenvalue weighted by Crippen LogP contribution is -2.39. The van der Waals surface area contributed by atoms with Crippen molar-refractivity contribution in [3.05, 3.63) is 22.2 Å². The van der Waals surface area contributed by atoms with Crippen LogP contribution in [0.15, 0.2) is 16.6 Å². The number of rotatable bonds is 6. The van der Waals surface area contributed by atoms with Gasteiger partial charge in [0.1, 0.15) is 0 Å². The highest BCUT2D eigenvalue weighted by Crippen LogP contribution is 2.34. The Morgan fingerprint density at radius 3 is 2.40 bits per heavy atom. The summed E-state index contributed by atoms with van der Waals surface area (Å²) in [6.07, 6.45) is 5.41. The van der Waals surface area contributed by atoms with Gasteiger partial charge in [-0.15, -0.1) is 12.4 Å². The number of nitrogens with one attached hydrogen (secondary N) is 2. The second-order valence-corrected chi connectivity index (χ2v) is 7.61. The van der Waals surface area contributed by atoms with Crippen LogP contribution in [0.5, 0.6) is 11.5 Å². The van der Waals surface area contributed by atoms with Crippen molar-refractivity contribution in [2.75, 3.05) is 14.2 Å². The van der Waals surface area contributed by atoms with Crippen molar-refractivity contribution in [3.8, 4) is 11.5 Å². The highest BCUT2D eigenvalue weighted by atomic mass is 79.9. The molecule has 0 spiro atoms. The van der Waals surface area contributed by atoms with Gasteiger partial charge in [-0.05, 0) is 49.3 Å². The number of piperidine rings is 1. The Balaban J connectivity index is 0.00000225. The first-order valence-electron chi connectivity index (χ1n) is 8.52. The zero-order valence-electron chi connectivity index (χ0n) is 14.6. The van der Waals surface area contributed by atoms with Crippen molar-refractivity contribution in [2.45, 2.75) is 50.7 Å². The molecule has 1 aromatic carbocycles. The van der Waals surface area contributed by atoms with E-state index in [2.05, 4.69) is 26.6 Å². The minimum absolute atomic E-state index is 0. The van der Waals surface area contributed by atoms with E-state index >= 15 is 0 Å². The Morgan fingerprint density at radius 2 is 1.80 bits per heavy atom. The quantitative estimate of drug-likeness (QED) is 0.722. The van der Waals surface area contributed by atoms with Crippen LogP contribution in [-0.2, 0) is 11.3 Å². The molecule has 2 aliphatic rings. The second-order valence-electron chi connectivity index (χ2n) is 6.75. The summed E-state index contributed by atoms with van der Waals surface area (Å²) in [6.45, 7) is 0.484. The molecular formula is C18H26BrClN2O3. The molecule has 2 N–H and O–H groups in total. The van der Waals surface area contributed by atoms with Gasteiger partial charge >= 0.3 is 0 Å². The smallest absolute Gasteiger partial charge is 0.220 e. The van der Waals surface area contributed by atoms with Gasteiger partial charge in [-0.2, -0.15) is 0 Å². The number of carbonyl (C=O) groups excluding carboxylic acids is 1. The van der Waals surface area contributed by atoms with E-state index in [0.29, 0.717) is 42.5 Å². The van der Waals surface area contributed by atoms with Gasteiger partial charge in [0.05, 0.1) is 14.2 Å². The van der Waals surface area contributed by atoms with Crippen LogP contribution in [0.25, 0.3) is 0 Å². The van der Waals surface area contributed by atoms with Crippen LogP contribution in [0.2, 0.25) is 0 Å². The maximum absolute atomic E-state index is 12.3. The van der Waals surface area contributed by atoms with Gasteiger partial charge < -0.3 is 20.1 Å². The molecule has 2 saturated heterocycles. The fraction of sp³-hybridized carbons (Fsp3) is 0.611. The van der Waals surface area contributed by atoms with Gasteiger partial charge in [0.15, 0.2) is 11.5 Å². The van der Waals surface area contributed by atoms with E-state index in [1.54, 1.807) is 14.2 Å². The van der Waals surface area contributed by atoms with Gasteiger partial charge in [0.25, 0.3) is 0 Å². The lowest BCUT2D eigenvalue weighted by Gasteiger charge is -2.28. The Bertz CT molecular complexity index is 602. The first-order chi connectivity index (χ1) is 11.6. The number of fused-ring (bicyclic) bond motifs is 2. The maximum atomic E-state index is 12.3. The highest BCUT2D eigenvalue weighted by Gasteiger charge is 2.34. The first-order valence-corrected chi connectivity index (χ1v) is 9.31. The van der Waals surface area contributed by atoms with Crippen molar-refractivity contribution < 1.29 is 14.3 Å². The topological polar surface area (TPSA) is 59.6 Å². The van der Waals surface area contributed by atoms with Crippen molar-refractivity contribution in [1.29, 1.82) is 0 Å². The van der Waals surface area contributed by atoms with Crippen LogP contribution < -0.4 is 20.1 Å². The monoisotopic (exact) mass is 432 g/mol. The summed E-state index contributed by atoms with van der Waals surface area (Å²) < 4.78 is 11.5. The van der Waals surface area contributed by atoms with Crippen LogP contribution in [0.4, 0.5) is 0 Å². The third-order valence-corrected chi connectivity index (χ3v) is 5.81. The summed E-state index contributed by atoms with van der Waals surface area (Å²) in [5.74, 6) is 1.98. The molecule has 2 unspecified atom stereocenters. The van der Waals surface area contributed by atoms with E-state index in [-0.39, 0.29) is 18.3 Å². The zero-order valence-corrected chi connectivity index (χ0v) is 17.0. The van der Waals surface area contributed by atoms with E-state index in [1.807, 2.05) is 12.1 Å². The van der Waals surface area contributed by atoms with Crippen molar-refractivity contribution in [2.24, 2.45) is 5.92 Å². The SMILES string of the molecule is COc1cc(Br)c(CNC(=O)CC2CC3CCC(C2)N3)cc1OC.Cl. The molecule has 5 nitrogen and oxygen atoms in total. The third-order valence-electron chi connectivity index (χ3n) is 5.07. The highest BCUT2D eigenvalue weighted by molar-refractivity contribution is 9.10. The summed E-state index contributed by atoms with van der Waals surface area (Å²) in [5.41, 5.74) is 0.978. The van der Waals surface area contributed by atoms with Crippen molar-refractivity contribution >= 4 is 34.2 Å². The molecule has 0 aromatic heterocycles. The lowest BCUT2D eigenvalue weighted by atomic mass is 9.89. The fourth-order valence-corrected chi connectivity index (χ4v) is 4.36. The molecule has 2 atom stereocenters. The van der Waals surface area contributed by atoms with Gasteiger partial charge in [-0.3, -0.25) is 4.79 Å². The average molecular weight is 434 g/mol. The molecule has 7 heteroatoms. The molecule has 1 amide bonds. The third kappa shape index (κ3) is 5.02. The number of carbonyl (C=O) groups is 1. The summed E-state index contributed by atoms with van der Waals surface area (Å²) in [5, 5.41) is 6.66. The second kappa shape index (κ2) is 9.10. The number of amides is 1. The number of halogens is 2. The Kier molecular flexibility index (Phi) is 7.40. The fourth-order valence-electron chi connectivity index (χ4n) is 3.90. The van der Waals surface area contributed by atoms with Crippen LogP contribution in [0, 0.1) is 5.92 Å². The zero-order chi connectivity index (χ0) is 17.1. The Hall–Kier alpha value is -0.980. The minimum Gasteiger partial charge on any atom is -0.493 e. The number of hydrogen-bond acceptors (Lipinski definition) is 4. The van der Waals surface area contributed by atoms with Crippen molar-refractivity contribution in [1.82, 2.24) is 10.6 Å². The summed E-state index contributed by atoms with van der Waals surface area (Å²) >= 11 is 3.53. The molecule has 2 fully saturated rings. The number of ether oxygens (including phenoxy) is 2. The van der Waals surface area contributed by atoms with Gasteiger partial charge in [-0.25, -0.2) is 0 Å². The van der Waals surface area contributed by atoms with Gasteiger partial charge in [0, 0.05) is 29.5 Å². The van der Waals surface area contributed by atoms with Gasteiger partial charge in [0.2, 0.25) is 5.91 Å². The van der Waals surface area contributed by atoms with E-state index in [1.165, 1.54) is 12.8 Å². The summed E-state index contributed by atoms with van der Waals surface area (Å²) in [7, 11) is 3.22. The Morgan fingerprint density at radius 1 is 1.20 bits per heavy atom. The lowest BCUT2D eigenvalue weighted by molar-refractivity contribution is -0.122. The first kappa shape index (κ1) is 20.3. The molecule has 0 aliphatic carbocycles.